The molecule has 1 aromatic carbocycles. The second-order valence-corrected chi connectivity index (χ2v) is 6.95. The summed E-state index contributed by atoms with van der Waals surface area (Å²) in [6.45, 7) is 2.14. The minimum atomic E-state index is -0.747. The van der Waals surface area contributed by atoms with Crippen molar-refractivity contribution in [2.45, 2.75) is 44.7 Å². The van der Waals surface area contributed by atoms with Gasteiger partial charge in [-0.25, -0.2) is 4.79 Å². The van der Waals surface area contributed by atoms with Crippen LogP contribution in [0.3, 0.4) is 0 Å². The maximum absolute atomic E-state index is 12.9. The molecule has 1 spiro atoms. The molecule has 1 saturated heterocycles. The van der Waals surface area contributed by atoms with Gasteiger partial charge in [0.1, 0.15) is 5.54 Å². The highest BCUT2D eigenvalue weighted by Gasteiger charge is 2.54. The minimum Gasteiger partial charge on any atom is -0.323 e. The topological polar surface area (TPSA) is 49.4 Å². The molecule has 2 atom stereocenters. The van der Waals surface area contributed by atoms with E-state index in [1.165, 1.54) is 4.90 Å². The van der Waals surface area contributed by atoms with E-state index in [1.807, 2.05) is 6.92 Å². The number of imide groups is 1. The van der Waals surface area contributed by atoms with Crippen LogP contribution in [-0.4, -0.2) is 22.4 Å². The second-order valence-electron chi connectivity index (χ2n) is 6.14. The highest BCUT2D eigenvalue weighted by molar-refractivity contribution is 6.36. The van der Waals surface area contributed by atoms with Gasteiger partial charge in [-0.3, -0.25) is 9.69 Å². The molecule has 22 heavy (non-hydrogen) atoms. The maximum Gasteiger partial charge on any atom is 0.325 e. The van der Waals surface area contributed by atoms with E-state index < -0.39 is 5.54 Å². The quantitative estimate of drug-likeness (QED) is 0.827. The van der Waals surface area contributed by atoms with E-state index in [0.717, 1.165) is 19.3 Å². The van der Waals surface area contributed by atoms with Gasteiger partial charge in [-0.1, -0.05) is 49.0 Å². The zero-order valence-corrected chi connectivity index (χ0v) is 13.9. The van der Waals surface area contributed by atoms with Crippen molar-refractivity contribution in [3.8, 4) is 0 Å². The average Bonchev–Trinajstić information content (AvgIpc) is 2.71. The van der Waals surface area contributed by atoms with Gasteiger partial charge >= 0.3 is 6.03 Å². The third kappa shape index (κ3) is 2.38. The van der Waals surface area contributed by atoms with Crippen LogP contribution in [0.15, 0.2) is 18.2 Å². The number of hydrogen-bond donors (Lipinski definition) is 1. The molecule has 2 aliphatic rings. The van der Waals surface area contributed by atoms with Crippen LogP contribution in [0, 0.1) is 5.92 Å². The summed E-state index contributed by atoms with van der Waals surface area (Å²) < 4.78 is 0. The molecule has 1 aromatic rings. The lowest BCUT2D eigenvalue weighted by Gasteiger charge is -2.36. The Balaban J connectivity index is 1.89. The number of carbonyl (C=O) groups is 2. The molecule has 0 aromatic heterocycles. The fraction of sp³-hybridized carbons (Fsp3) is 0.500. The summed E-state index contributed by atoms with van der Waals surface area (Å²) in [5, 5.41) is 3.86. The first-order valence-corrected chi connectivity index (χ1v) is 8.28. The lowest BCUT2D eigenvalue weighted by molar-refractivity contribution is -0.134. The van der Waals surface area contributed by atoms with Crippen molar-refractivity contribution in [1.29, 1.82) is 0 Å². The molecular formula is C16H18Cl2N2O2. The Morgan fingerprint density at radius 1 is 1.27 bits per heavy atom. The molecule has 1 heterocycles. The van der Waals surface area contributed by atoms with Gasteiger partial charge in [0.25, 0.3) is 5.91 Å². The Kier molecular flexibility index (Phi) is 4.08. The van der Waals surface area contributed by atoms with Crippen molar-refractivity contribution in [1.82, 2.24) is 10.2 Å². The summed E-state index contributed by atoms with van der Waals surface area (Å²) >= 11 is 12.3. The molecule has 0 bridgehead atoms. The van der Waals surface area contributed by atoms with Gasteiger partial charge in [0.2, 0.25) is 0 Å². The number of nitrogens with one attached hydrogen (secondary N) is 1. The Bertz CT molecular complexity index is 614. The van der Waals surface area contributed by atoms with E-state index >= 15 is 0 Å². The number of hydrogen-bond acceptors (Lipinski definition) is 2. The van der Waals surface area contributed by atoms with E-state index in [0.29, 0.717) is 22.0 Å². The Morgan fingerprint density at radius 2 is 1.95 bits per heavy atom. The number of halogens is 2. The fourth-order valence-corrected chi connectivity index (χ4v) is 4.00. The molecule has 6 heteroatoms. The molecular weight excluding hydrogens is 323 g/mol. The summed E-state index contributed by atoms with van der Waals surface area (Å²) in [6, 6.07) is 4.81. The maximum atomic E-state index is 12.9. The van der Waals surface area contributed by atoms with Crippen molar-refractivity contribution in [2.24, 2.45) is 5.92 Å². The number of rotatable bonds is 2. The fourth-order valence-electron chi connectivity index (χ4n) is 3.48. The van der Waals surface area contributed by atoms with Crippen LogP contribution in [0.1, 0.15) is 38.2 Å². The predicted molar refractivity (Wildman–Crippen MR) is 85.9 cm³/mol. The van der Waals surface area contributed by atoms with E-state index in [1.54, 1.807) is 18.2 Å². The monoisotopic (exact) mass is 340 g/mol. The van der Waals surface area contributed by atoms with Crippen molar-refractivity contribution < 1.29 is 9.59 Å². The molecule has 1 aliphatic carbocycles. The molecule has 1 N–H and O–H groups in total. The standard InChI is InChI=1S/C16H18Cl2N2O2/c1-10-5-2-3-8-16(10)14(21)20(15(22)19-16)9-11-12(17)6-4-7-13(11)18/h4,6-7,10H,2-3,5,8-9H2,1H3,(H,19,22)/t10?,16-/m1/s1. The van der Waals surface area contributed by atoms with Crippen LogP contribution in [0.5, 0.6) is 0 Å². The molecule has 3 rings (SSSR count). The third-order valence-electron chi connectivity index (χ3n) is 4.88. The SMILES string of the molecule is CC1CCCC[C@@]12NC(=O)N(Cc1c(Cl)cccc1Cl)C2=O. The number of benzene rings is 1. The van der Waals surface area contributed by atoms with Crippen LogP contribution in [0.2, 0.25) is 10.0 Å². The van der Waals surface area contributed by atoms with Crippen LogP contribution >= 0.6 is 23.2 Å². The van der Waals surface area contributed by atoms with Crippen LogP contribution in [-0.2, 0) is 11.3 Å². The zero-order chi connectivity index (χ0) is 15.9. The molecule has 4 nitrogen and oxygen atoms in total. The van der Waals surface area contributed by atoms with Crippen molar-refractivity contribution in [3.05, 3.63) is 33.8 Å². The molecule has 0 radical (unpaired) electrons. The van der Waals surface area contributed by atoms with Crippen LogP contribution in [0.4, 0.5) is 4.79 Å². The van der Waals surface area contributed by atoms with E-state index in [2.05, 4.69) is 5.32 Å². The Labute approximate surface area is 139 Å². The van der Waals surface area contributed by atoms with Gasteiger partial charge < -0.3 is 5.32 Å². The normalized spacial score (nSPS) is 28.3. The number of urea groups is 1. The molecule has 1 unspecified atom stereocenters. The van der Waals surface area contributed by atoms with E-state index in [4.69, 9.17) is 23.2 Å². The summed E-state index contributed by atoms with van der Waals surface area (Å²) in [5.74, 6) is -0.00916. The van der Waals surface area contributed by atoms with Crippen molar-refractivity contribution in [2.75, 3.05) is 0 Å². The first kappa shape index (κ1) is 15.6. The molecule has 3 amide bonds. The van der Waals surface area contributed by atoms with E-state index in [9.17, 15) is 9.59 Å². The number of amides is 3. The smallest absolute Gasteiger partial charge is 0.323 e. The molecule has 1 saturated carbocycles. The molecule has 1 aliphatic heterocycles. The Morgan fingerprint density at radius 3 is 2.59 bits per heavy atom. The highest BCUT2D eigenvalue weighted by Crippen LogP contribution is 2.39. The van der Waals surface area contributed by atoms with Crippen molar-refractivity contribution in [3.63, 3.8) is 0 Å². The Hall–Kier alpha value is -1.26. The van der Waals surface area contributed by atoms with Gasteiger partial charge in [-0.15, -0.1) is 0 Å². The zero-order valence-electron chi connectivity index (χ0n) is 12.4. The van der Waals surface area contributed by atoms with Gasteiger partial charge in [-0.05, 0) is 30.9 Å². The summed E-state index contributed by atoms with van der Waals surface area (Å²) in [6.07, 6.45) is 3.71. The van der Waals surface area contributed by atoms with E-state index in [-0.39, 0.29) is 24.4 Å². The highest BCUT2D eigenvalue weighted by atomic mass is 35.5. The average molecular weight is 341 g/mol. The minimum absolute atomic E-state index is 0.109. The van der Waals surface area contributed by atoms with Crippen molar-refractivity contribution >= 4 is 35.1 Å². The van der Waals surface area contributed by atoms with Gasteiger partial charge in [0.15, 0.2) is 0 Å². The van der Waals surface area contributed by atoms with Gasteiger partial charge in [0.05, 0.1) is 6.54 Å². The first-order chi connectivity index (χ1) is 10.5. The predicted octanol–water partition coefficient (Wildman–Crippen LogP) is 3.99. The third-order valence-corrected chi connectivity index (χ3v) is 5.59. The molecule has 2 fully saturated rings. The second kappa shape index (κ2) is 5.74. The lowest BCUT2D eigenvalue weighted by Crippen LogP contribution is -2.53. The lowest BCUT2D eigenvalue weighted by atomic mass is 9.73. The van der Waals surface area contributed by atoms with Crippen LogP contribution in [0.25, 0.3) is 0 Å². The first-order valence-electron chi connectivity index (χ1n) is 7.53. The summed E-state index contributed by atoms with van der Waals surface area (Å²) in [5.41, 5.74) is -0.141. The number of nitrogens with zero attached hydrogens (tertiary/aromatic N) is 1. The van der Waals surface area contributed by atoms with Crippen LogP contribution < -0.4 is 5.32 Å². The largest absolute Gasteiger partial charge is 0.325 e. The van der Waals surface area contributed by atoms with Gasteiger partial charge in [-0.2, -0.15) is 0 Å². The summed E-state index contributed by atoms with van der Waals surface area (Å²) in [4.78, 5) is 26.5. The van der Waals surface area contributed by atoms with Gasteiger partial charge in [0, 0.05) is 15.6 Å². The summed E-state index contributed by atoms with van der Waals surface area (Å²) in [7, 11) is 0. The molecule has 118 valence electrons. The number of carbonyl (C=O) groups excluding carboxylic acids is 2.